The number of H-pyrrole nitrogens is 1. The molecule has 0 bridgehead atoms. The summed E-state index contributed by atoms with van der Waals surface area (Å²) in [4.78, 5) is 37.9. The van der Waals surface area contributed by atoms with Crippen molar-refractivity contribution in [3.05, 3.63) is 48.2 Å². The number of para-hydroxylation sites is 1. The normalized spacial score (nSPS) is 12.2. The number of rotatable bonds is 8. The summed E-state index contributed by atoms with van der Waals surface area (Å²) >= 11 is 0. The lowest BCUT2D eigenvalue weighted by Gasteiger charge is -2.13. The van der Waals surface area contributed by atoms with Crippen LogP contribution in [0.1, 0.15) is 30.3 Å². The quantitative estimate of drug-likeness (QED) is 0.499. The summed E-state index contributed by atoms with van der Waals surface area (Å²) in [5, 5.41) is 3.69. The molecule has 1 aromatic carbocycles. The van der Waals surface area contributed by atoms with Gasteiger partial charge in [-0.1, -0.05) is 24.3 Å². The molecule has 2 rings (SSSR count). The van der Waals surface area contributed by atoms with Crippen LogP contribution in [0.4, 0.5) is 0 Å². The Morgan fingerprint density at radius 2 is 2.08 bits per heavy atom. The highest BCUT2D eigenvalue weighted by atomic mass is 16.5. The third-order valence-corrected chi connectivity index (χ3v) is 3.54. The Labute approximate surface area is 145 Å². The zero-order chi connectivity index (χ0) is 18.2. The molecule has 0 aliphatic rings. The average molecular weight is 343 g/mol. The molecule has 0 saturated heterocycles. The standard InChI is InChI=1S/C18H21N3O4/c1-2-25-17(23)10-8-13(7-9-16(19)22)20-18(24)15-11-12-5-3-4-6-14(12)21-15/h3-6,8,10-11,13,21H,2,7,9H2,1H3,(H2,19,22)(H,20,24)/b10-8+/t13-/m0/s1. The smallest absolute Gasteiger partial charge is 0.330 e. The zero-order valence-corrected chi connectivity index (χ0v) is 14.0. The van der Waals surface area contributed by atoms with Crippen LogP contribution in [0.25, 0.3) is 10.9 Å². The van der Waals surface area contributed by atoms with Crippen LogP contribution in [-0.4, -0.2) is 35.4 Å². The predicted octanol–water partition coefficient (Wildman–Crippen LogP) is 1.65. The predicted molar refractivity (Wildman–Crippen MR) is 93.8 cm³/mol. The van der Waals surface area contributed by atoms with Gasteiger partial charge in [0.2, 0.25) is 5.91 Å². The van der Waals surface area contributed by atoms with Crippen LogP contribution in [0.3, 0.4) is 0 Å². The van der Waals surface area contributed by atoms with Crippen molar-refractivity contribution in [1.29, 1.82) is 0 Å². The van der Waals surface area contributed by atoms with Crippen molar-refractivity contribution in [2.75, 3.05) is 6.61 Å². The molecule has 7 nitrogen and oxygen atoms in total. The van der Waals surface area contributed by atoms with Crippen molar-refractivity contribution in [3.8, 4) is 0 Å². The summed E-state index contributed by atoms with van der Waals surface area (Å²) in [6.07, 6.45) is 3.12. The van der Waals surface area contributed by atoms with Gasteiger partial charge in [0.15, 0.2) is 0 Å². The molecule has 0 fully saturated rings. The Bertz CT molecular complexity index is 761. The van der Waals surface area contributed by atoms with Crippen LogP contribution in [-0.2, 0) is 14.3 Å². The lowest BCUT2D eigenvalue weighted by atomic mass is 10.1. The molecule has 0 spiro atoms. The molecule has 1 aromatic heterocycles. The largest absolute Gasteiger partial charge is 0.463 e. The van der Waals surface area contributed by atoms with Crippen molar-refractivity contribution in [2.24, 2.45) is 5.73 Å². The van der Waals surface area contributed by atoms with Gasteiger partial charge in [0, 0.05) is 29.4 Å². The monoisotopic (exact) mass is 343 g/mol. The fourth-order valence-electron chi connectivity index (χ4n) is 2.34. The molecule has 132 valence electrons. The number of fused-ring (bicyclic) bond motifs is 1. The maximum absolute atomic E-state index is 12.4. The van der Waals surface area contributed by atoms with Gasteiger partial charge in [0.1, 0.15) is 5.69 Å². The van der Waals surface area contributed by atoms with Gasteiger partial charge in [-0.15, -0.1) is 0 Å². The third-order valence-electron chi connectivity index (χ3n) is 3.54. The first-order chi connectivity index (χ1) is 12.0. The summed E-state index contributed by atoms with van der Waals surface area (Å²) in [5.41, 5.74) is 6.41. The number of esters is 1. The topological polar surface area (TPSA) is 114 Å². The number of nitrogens with one attached hydrogen (secondary N) is 2. The van der Waals surface area contributed by atoms with E-state index in [0.717, 1.165) is 10.9 Å². The van der Waals surface area contributed by atoms with Crippen molar-refractivity contribution in [1.82, 2.24) is 10.3 Å². The van der Waals surface area contributed by atoms with E-state index in [9.17, 15) is 14.4 Å². The molecular weight excluding hydrogens is 322 g/mol. The first kappa shape index (κ1) is 18.3. The number of benzene rings is 1. The maximum Gasteiger partial charge on any atom is 0.330 e. The van der Waals surface area contributed by atoms with Gasteiger partial charge in [-0.05, 0) is 25.5 Å². The average Bonchev–Trinajstić information content (AvgIpc) is 3.01. The van der Waals surface area contributed by atoms with Crippen molar-refractivity contribution < 1.29 is 19.1 Å². The fourth-order valence-corrected chi connectivity index (χ4v) is 2.34. The van der Waals surface area contributed by atoms with E-state index in [-0.39, 0.29) is 25.4 Å². The van der Waals surface area contributed by atoms with Gasteiger partial charge in [0.25, 0.3) is 5.91 Å². The molecule has 0 saturated carbocycles. The molecule has 25 heavy (non-hydrogen) atoms. The zero-order valence-electron chi connectivity index (χ0n) is 14.0. The van der Waals surface area contributed by atoms with Gasteiger partial charge >= 0.3 is 5.97 Å². The molecule has 1 atom stereocenters. The van der Waals surface area contributed by atoms with E-state index in [4.69, 9.17) is 10.5 Å². The van der Waals surface area contributed by atoms with Crippen LogP contribution in [0.15, 0.2) is 42.5 Å². The van der Waals surface area contributed by atoms with Gasteiger partial charge in [-0.3, -0.25) is 9.59 Å². The number of nitrogens with two attached hydrogens (primary N) is 1. The van der Waals surface area contributed by atoms with Crippen LogP contribution in [0, 0.1) is 0 Å². The third kappa shape index (κ3) is 5.49. The summed E-state index contributed by atoms with van der Waals surface area (Å²) in [6, 6.07) is 8.75. The SMILES string of the molecule is CCOC(=O)/C=C/[C@H](CCC(N)=O)NC(=O)c1cc2ccccc2[nH]1. The van der Waals surface area contributed by atoms with E-state index in [0.29, 0.717) is 5.69 Å². The highest BCUT2D eigenvalue weighted by Crippen LogP contribution is 2.15. The molecule has 1 heterocycles. The molecule has 7 heteroatoms. The first-order valence-corrected chi connectivity index (χ1v) is 8.01. The first-order valence-electron chi connectivity index (χ1n) is 8.01. The fraction of sp³-hybridized carbons (Fsp3) is 0.278. The lowest BCUT2D eigenvalue weighted by molar-refractivity contribution is -0.137. The second-order valence-electron chi connectivity index (χ2n) is 5.47. The minimum absolute atomic E-state index is 0.0881. The Balaban J connectivity index is 2.09. The van der Waals surface area contributed by atoms with Crippen molar-refractivity contribution in [3.63, 3.8) is 0 Å². The Morgan fingerprint density at radius 3 is 2.76 bits per heavy atom. The van der Waals surface area contributed by atoms with E-state index in [1.165, 1.54) is 12.2 Å². The van der Waals surface area contributed by atoms with Gasteiger partial charge in [-0.25, -0.2) is 4.79 Å². The summed E-state index contributed by atoms with van der Waals surface area (Å²) in [7, 11) is 0. The number of carbonyl (C=O) groups excluding carboxylic acids is 3. The molecule has 0 aliphatic carbocycles. The molecule has 4 N–H and O–H groups in total. The molecule has 2 amide bonds. The Hall–Kier alpha value is -3.09. The summed E-state index contributed by atoms with van der Waals surface area (Å²) in [5.74, 6) is -1.32. The van der Waals surface area contributed by atoms with E-state index in [1.807, 2.05) is 24.3 Å². The van der Waals surface area contributed by atoms with Crippen LogP contribution < -0.4 is 11.1 Å². The molecule has 2 aromatic rings. The lowest BCUT2D eigenvalue weighted by Crippen LogP contribution is -2.34. The van der Waals surface area contributed by atoms with Crippen molar-refractivity contribution >= 4 is 28.7 Å². The minimum Gasteiger partial charge on any atom is -0.463 e. The van der Waals surface area contributed by atoms with E-state index >= 15 is 0 Å². The molecular formula is C18H21N3O4. The molecule has 0 radical (unpaired) electrons. The number of hydrogen-bond acceptors (Lipinski definition) is 4. The maximum atomic E-state index is 12.4. The van der Waals surface area contributed by atoms with Gasteiger partial charge < -0.3 is 20.8 Å². The summed E-state index contributed by atoms with van der Waals surface area (Å²) < 4.78 is 4.81. The number of primary amides is 1. The van der Waals surface area contributed by atoms with E-state index in [1.54, 1.807) is 13.0 Å². The van der Waals surface area contributed by atoms with Gasteiger partial charge in [-0.2, -0.15) is 0 Å². The number of aromatic amines is 1. The highest BCUT2D eigenvalue weighted by molar-refractivity contribution is 5.98. The second kappa shape index (κ2) is 8.68. The molecule has 0 unspecified atom stereocenters. The number of aromatic nitrogens is 1. The Kier molecular flexibility index (Phi) is 6.33. The Morgan fingerprint density at radius 1 is 1.32 bits per heavy atom. The number of hydrogen-bond donors (Lipinski definition) is 3. The van der Waals surface area contributed by atoms with Crippen LogP contribution >= 0.6 is 0 Å². The van der Waals surface area contributed by atoms with Crippen molar-refractivity contribution in [2.45, 2.75) is 25.8 Å². The van der Waals surface area contributed by atoms with E-state index in [2.05, 4.69) is 10.3 Å². The van der Waals surface area contributed by atoms with Crippen LogP contribution in [0.2, 0.25) is 0 Å². The minimum atomic E-state index is -0.518. The highest BCUT2D eigenvalue weighted by Gasteiger charge is 2.15. The summed E-state index contributed by atoms with van der Waals surface area (Å²) in [6.45, 7) is 1.96. The van der Waals surface area contributed by atoms with E-state index < -0.39 is 17.9 Å². The second-order valence-corrected chi connectivity index (χ2v) is 5.47. The number of ether oxygens (including phenoxy) is 1. The van der Waals surface area contributed by atoms with Crippen LogP contribution in [0.5, 0.6) is 0 Å². The molecule has 0 aliphatic heterocycles. The van der Waals surface area contributed by atoms with Gasteiger partial charge in [0.05, 0.1) is 6.61 Å². The number of carbonyl (C=O) groups is 3. The number of amides is 2.